The van der Waals surface area contributed by atoms with E-state index in [4.69, 9.17) is 9.84 Å². The molecule has 1 N–H and O–H groups in total. The summed E-state index contributed by atoms with van der Waals surface area (Å²) in [5.41, 5.74) is 0. The molecular weight excluding hydrogens is 206 g/mol. The van der Waals surface area contributed by atoms with Gasteiger partial charge in [-0.2, -0.15) is 0 Å². The molecule has 0 amide bonds. The molecule has 0 aromatic rings. The predicted octanol–water partition coefficient (Wildman–Crippen LogP) is 1.74. The number of hydrogen-bond donors (Lipinski definition) is 1. The van der Waals surface area contributed by atoms with Crippen LogP contribution < -0.4 is 0 Å². The van der Waals surface area contributed by atoms with E-state index >= 15 is 0 Å². The third-order valence-electron chi connectivity index (χ3n) is 3.25. The van der Waals surface area contributed by atoms with E-state index in [1.807, 2.05) is 0 Å². The number of morpholine rings is 1. The number of ether oxygens (including phenoxy) is 1. The first-order valence-electron chi connectivity index (χ1n) is 6.27. The molecule has 0 bridgehead atoms. The molecule has 0 aliphatic carbocycles. The summed E-state index contributed by atoms with van der Waals surface area (Å²) in [5.74, 6) is -0.838. The number of carboxylic acids is 1. The molecule has 94 valence electrons. The fourth-order valence-corrected chi connectivity index (χ4v) is 2.23. The second kappa shape index (κ2) is 6.86. The third kappa shape index (κ3) is 3.76. The van der Waals surface area contributed by atoms with Gasteiger partial charge in [0.05, 0.1) is 6.61 Å². The molecule has 1 saturated heterocycles. The van der Waals surface area contributed by atoms with Crippen LogP contribution in [0.5, 0.6) is 0 Å². The maximum atomic E-state index is 10.9. The van der Waals surface area contributed by atoms with E-state index in [1.165, 1.54) is 19.3 Å². The maximum absolute atomic E-state index is 10.9. The minimum absolute atomic E-state index is 0.519. The van der Waals surface area contributed by atoms with Gasteiger partial charge in [0.15, 0.2) is 6.10 Å². The van der Waals surface area contributed by atoms with Crippen LogP contribution in [0.4, 0.5) is 0 Å². The van der Waals surface area contributed by atoms with Crippen LogP contribution in [0.2, 0.25) is 0 Å². The highest BCUT2D eigenvalue weighted by atomic mass is 16.5. The topological polar surface area (TPSA) is 49.8 Å². The summed E-state index contributed by atoms with van der Waals surface area (Å²) < 4.78 is 5.23. The highest BCUT2D eigenvalue weighted by Crippen LogP contribution is 2.16. The van der Waals surface area contributed by atoms with Gasteiger partial charge in [0.25, 0.3) is 0 Å². The Kier molecular flexibility index (Phi) is 5.77. The second-order valence-corrected chi connectivity index (χ2v) is 4.40. The van der Waals surface area contributed by atoms with E-state index in [1.54, 1.807) is 0 Å². The standard InChI is InChI=1S/C12H23NO3/c1-3-5-6-10(4-2)13-7-8-16-11(9-13)12(14)15/h10-11H,3-9H2,1-2H3,(H,14,15). The van der Waals surface area contributed by atoms with Crippen LogP contribution >= 0.6 is 0 Å². The molecule has 0 aromatic carbocycles. The Bertz CT molecular complexity index is 220. The van der Waals surface area contributed by atoms with Crippen molar-refractivity contribution in [2.45, 2.75) is 51.7 Å². The fraction of sp³-hybridized carbons (Fsp3) is 0.917. The van der Waals surface area contributed by atoms with E-state index in [0.29, 0.717) is 19.2 Å². The summed E-state index contributed by atoms with van der Waals surface area (Å²) in [6, 6.07) is 0.519. The lowest BCUT2D eigenvalue weighted by Gasteiger charge is -2.36. The number of rotatable bonds is 6. The number of nitrogens with zero attached hydrogens (tertiary/aromatic N) is 1. The number of aliphatic carboxylic acids is 1. The maximum Gasteiger partial charge on any atom is 0.334 e. The lowest BCUT2D eigenvalue weighted by molar-refractivity contribution is -0.157. The highest BCUT2D eigenvalue weighted by Gasteiger charge is 2.29. The molecule has 1 fully saturated rings. The molecule has 0 saturated carbocycles. The first-order valence-corrected chi connectivity index (χ1v) is 6.27. The van der Waals surface area contributed by atoms with Crippen LogP contribution in [0.25, 0.3) is 0 Å². The van der Waals surface area contributed by atoms with Crippen LogP contribution in [0, 0.1) is 0 Å². The average molecular weight is 229 g/mol. The lowest BCUT2D eigenvalue weighted by Crippen LogP contribution is -2.50. The van der Waals surface area contributed by atoms with Crippen molar-refractivity contribution in [3.05, 3.63) is 0 Å². The fourth-order valence-electron chi connectivity index (χ4n) is 2.23. The average Bonchev–Trinajstić information content (AvgIpc) is 2.30. The van der Waals surface area contributed by atoms with Gasteiger partial charge in [0.2, 0.25) is 0 Å². The summed E-state index contributed by atoms with van der Waals surface area (Å²) in [6.45, 7) is 6.31. The van der Waals surface area contributed by atoms with E-state index < -0.39 is 12.1 Å². The molecule has 16 heavy (non-hydrogen) atoms. The number of hydrogen-bond acceptors (Lipinski definition) is 3. The molecule has 1 aliphatic rings. The summed E-state index contributed by atoms with van der Waals surface area (Å²) >= 11 is 0. The molecule has 4 heteroatoms. The van der Waals surface area contributed by atoms with E-state index in [-0.39, 0.29) is 0 Å². The summed E-state index contributed by atoms with van der Waals surface area (Å²) in [5, 5.41) is 8.93. The Morgan fingerprint density at radius 1 is 1.56 bits per heavy atom. The largest absolute Gasteiger partial charge is 0.479 e. The van der Waals surface area contributed by atoms with Crippen LogP contribution in [0.3, 0.4) is 0 Å². The van der Waals surface area contributed by atoms with Gasteiger partial charge in [0.1, 0.15) is 0 Å². The van der Waals surface area contributed by atoms with Gasteiger partial charge in [-0.15, -0.1) is 0 Å². The molecule has 2 atom stereocenters. The molecular formula is C12H23NO3. The Labute approximate surface area is 97.6 Å². The van der Waals surface area contributed by atoms with Crippen molar-refractivity contribution >= 4 is 5.97 Å². The van der Waals surface area contributed by atoms with Gasteiger partial charge >= 0.3 is 5.97 Å². The third-order valence-corrected chi connectivity index (χ3v) is 3.25. The van der Waals surface area contributed by atoms with Gasteiger partial charge in [-0.25, -0.2) is 4.79 Å². The number of carboxylic acid groups (broad SMARTS) is 1. The van der Waals surface area contributed by atoms with E-state index in [9.17, 15) is 4.79 Å². The molecule has 0 spiro atoms. The molecule has 1 heterocycles. The minimum atomic E-state index is -0.838. The summed E-state index contributed by atoms with van der Waals surface area (Å²) in [7, 11) is 0. The van der Waals surface area contributed by atoms with Crippen molar-refractivity contribution in [3.63, 3.8) is 0 Å². The van der Waals surface area contributed by atoms with E-state index in [0.717, 1.165) is 13.0 Å². The van der Waals surface area contributed by atoms with Crippen LogP contribution in [-0.4, -0.2) is 47.8 Å². The number of unbranched alkanes of at least 4 members (excludes halogenated alkanes) is 1. The zero-order chi connectivity index (χ0) is 12.0. The van der Waals surface area contributed by atoms with Gasteiger partial charge in [0, 0.05) is 19.1 Å². The van der Waals surface area contributed by atoms with Crippen LogP contribution in [0.15, 0.2) is 0 Å². The zero-order valence-corrected chi connectivity index (χ0v) is 10.3. The normalized spacial score (nSPS) is 24.2. The molecule has 4 nitrogen and oxygen atoms in total. The predicted molar refractivity (Wildman–Crippen MR) is 62.6 cm³/mol. The molecule has 2 unspecified atom stereocenters. The highest BCUT2D eigenvalue weighted by molar-refractivity contribution is 5.72. The smallest absolute Gasteiger partial charge is 0.334 e. The van der Waals surface area contributed by atoms with E-state index in [2.05, 4.69) is 18.7 Å². The lowest BCUT2D eigenvalue weighted by atomic mass is 10.0. The van der Waals surface area contributed by atoms with Crippen molar-refractivity contribution in [3.8, 4) is 0 Å². The quantitative estimate of drug-likeness (QED) is 0.753. The monoisotopic (exact) mass is 229 g/mol. The van der Waals surface area contributed by atoms with Crippen molar-refractivity contribution < 1.29 is 14.6 Å². The Morgan fingerprint density at radius 2 is 2.31 bits per heavy atom. The Morgan fingerprint density at radius 3 is 2.88 bits per heavy atom. The first-order chi connectivity index (χ1) is 7.69. The van der Waals surface area contributed by atoms with Crippen LogP contribution in [-0.2, 0) is 9.53 Å². The van der Waals surface area contributed by atoms with Gasteiger partial charge < -0.3 is 9.84 Å². The molecule has 0 radical (unpaired) electrons. The zero-order valence-electron chi connectivity index (χ0n) is 10.3. The molecule has 1 aliphatic heterocycles. The second-order valence-electron chi connectivity index (χ2n) is 4.40. The van der Waals surface area contributed by atoms with Crippen molar-refractivity contribution in [1.29, 1.82) is 0 Å². The van der Waals surface area contributed by atoms with Gasteiger partial charge in [-0.05, 0) is 12.8 Å². The van der Waals surface area contributed by atoms with Crippen molar-refractivity contribution in [2.24, 2.45) is 0 Å². The summed E-state index contributed by atoms with van der Waals surface area (Å²) in [4.78, 5) is 13.1. The van der Waals surface area contributed by atoms with Gasteiger partial charge in [-0.3, -0.25) is 4.90 Å². The first kappa shape index (κ1) is 13.5. The molecule has 0 aromatic heterocycles. The van der Waals surface area contributed by atoms with Crippen molar-refractivity contribution in [1.82, 2.24) is 4.90 Å². The SMILES string of the molecule is CCCCC(CC)N1CCOC(C(=O)O)C1. The number of carbonyl (C=O) groups is 1. The minimum Gasteiger partial charge on any atom is -0.479 e. The summed E-state index contributed by atoms with van der Waals surface area (Å²) in [6.07, 6.45) is 4.03. The Hall–Kier alpha value is -0.610. The van der Waals surface area contributed by atoms with Crippen LogP contribution in [0.1, 0.15) is 39.5 Å². The van der Waals surface area contributed by atoms with Crippen molar-refractivity contribution in [2.75, 3.05) is 19.7 Å². The Balaban J connectivity index is 2.46. The molecule has 1 rings (SSSR count). The van der Waals surface area contributed by atoms with Gasteiger partial charge in [-0.1, -0.05) is 26.7 Å².